The highest BCUT2D eigenvalue weighted by Gasteiger charge is 2.18. The number of rotatable bonds is 1. The zero-order valence-electron chi connectivity index (χ0n) is 9.42. The van der Waals surface area contributed by atoms with Gasteiger partial charge in [-0.2, -0.15) is 0 Å². The lowest BCUT2D eigenvalue weighted by Gasteiger charge is -2.22. The van der Waals surface area contributed by atoms with Crippen molar-refractivity contribution in [2.75, 3.05) is 18.5 Å². The molecule has 2 nitrogen and oxygen atoms in total. The van der Waals surface area contributed by atoms with Crippen LogP contribution in [0, 0.1) is 0 Å². The average molecular weight is 203 g/mol. The number of aryl methyl sites for hydroxylation is 1. The van der Waals surface area contributed by atoms with Crippen LogP contribution in [0.4, 0.5) is 5.69 Å². The SMILES string of the molecule is CCc1cccc2c1N(C)CCC(=O)C2. The molecular weight excluding hydrogens is 186 g/mol. The Bertz CT molecular complexity index is 384. The Labute approximate surface area is 90.9 Å². The van der Waals surface area contributed by atoms with E-state index in [-0.39, 0.29) is 0 Å². The van der Waals surface area contributed by atoms with E-state index < -0.39 is 0 Å². The van der Waals surface area contributed by atoms with Gasteiger partial charge in [-0.3, -0.25) is 4.79 Å². The summed E-state index contributed by atoms with van der Waals surface area (Å²) < 4.78 is 0. The Morgan fingerprint density at radius 1 is 1.40 bits per heavy atom. The van der Waals surface area contributed by atoms with Crippen LogP contribution >= 0.6 is 0 Å². The highest BCUT2D eigenvalue weighted by Crippen LogP contribution is 2.28. The minimum atomic E-state index is 0.355. The highest BCUT2D eigenvalue weighted by atomic mass is 16.1. The third-order valence-electron chi connectivity index (χ3n) is 3.08. The van der Waals surface area contributed by atoms with E-state index in [1.165, 1.54) is 16.8 Å². The number of hydrogen-bond acceptors (Lipinski definition) is 2. The normalized spacial score (nSPS) is 16.1. The molecule has 1 heterocycles. The van der Waals surface area contributed by atoms with Gasteiger partial charge in [-0.1, -0.05) is 25.1 Å². The molecule has 2 heteroatoms. The van der Waals surface area contributed by atoms with Crippen molar-refractivity contribution in [3.63, 3.8) is 0 Å². The fourth-order valence-corrected chi connectivity index (χ4v) is 2.27. The van der Waals surface area contributed by atoms with Crippen molar-refractivity contribution in [3.05, 3.63) is 29.3 Å². The number of hydrogen-bond donors (Lipinski definition) is 0. The summed E-state index contributed by atoms with van der Waals surface area (Å²) in [6.45, 7) is 3.01. The van der Waals surface area contributed by atoms with Gasteiger partial charge in [0.2, 0.25) is 0 Å². The van der Waals surface area contributed by atoms with Crippen molar-refractivity contribution in [1.29, 1.82) is 0 Å². The molecule has 0 fully saturated rings. The van der Waals surface area contributed by atoms with E-state index in [0.29, 0.717) is 18.6 Å². The largest absolute Gasteiger partial charge is 0.374 e. The fraction of sp³-hybridized carbons (Fsp3) is 0.462. The Balaban J connectivity index is 2.51. The summed E-state index contributed by atoms with van der Waals surface area (Å²) in [5.74, 6) is 0.355. The van der Waals surface area contributed by atoms with Gasteiger partial charge in [0.1, 0.15) is 5.78 Å². The van der Waals surface area contributed by atoms with Gasteiger partial charge in [0.25, 0.3) is 0 Å². The number of Topliss-reactive ketones (excluding diaryl/α,β-unsaturated/α-hetero) is 1. The predicted octanol–water partition coefficient (Wildman–Crippen LogP) is 2.20. The number of para-hydroxylation sites is 1. The lowest BCUT2D eigenvalue weighted by Crippen LogP contribution is -2.20. The Kier molecular flexibility index (Phi) is 2.76. The number of anilines is 1. The van der Waals surface area contributed by atoms with Gasteiger partial charge >= 0.3 is 0 Å². The smallest absolute Gasteiger partial charge is 0.139 e. The summed E-state index contributed by atoms with van der Waals surface area (Å²) in [5, 5.41) is 0. The molecule has 2 rings (SSSR count). The second-order valence-corrected chi connectivity index (χ2v) is 4.17. The first kappa shape index (κ1) is 10.2. The lowest BCUT2D eigenvalue weighted by atomic mass is 10.0. The third kappa shape index (κ3) is 1.89. The Morgan fingerprint density at radius 3 is 2.93 bits per heavy atom. The zero-order chi connectivity index (χ0) is 10.8. The quantitative estimate of drug-likeness (QED) is 0.697. The second-order valence-electron chi connectivity index (χ2n) is 4.17. The maximum absolute atomic E-state index is 11.6. The van der Waals surface area contributed by atoms with Crippen molar-refractivity contribution >= 4 is 11.5 Å². The van der Waals surface area contributed by atoms with E-state index in [1.807, 2.05) is 0 Å². The summed E-state index contributed by atoms with van der Waals surface area (Å²) in [5.41, 5.74) is 3.83. The van der Waals surface area contributed by atoms with Crippen LogP contribution in [0.1, 0.15) is 24.5 Å². The standard InChI is InChI=1S/C13H17NO/c1-3-10-5-4-6-11-9-12(15)7-8-14(2)13(10)11/h4-6H,3,7-9H2,1-2H3. The number of nitrogens with zero attached hydrogens (tertiary/aromatic N) is 1. The van der Waals surface area contributed by atoms with Gasteiger partial charge in [-0.15, -0.1) is 0 Å². The van der Waals surface area contributed by atoms with Crippen molar-refractivity contribution in [2.24, 2.45) is 0 Å². The van der Waals surface area contributed by atoms with Crippen molar-refractivity contribution in [1.82, 2.24) is 0 Å². The van der Waals surface area contributed by atoms with Crippen LogP contribution in [-0.2, 0) is 17.6 Å². The maximum Gasteiger partial charge on any atom is 0.139 e. The number of carbonyl (C=O) groups excluding carboxylic acids is 1. The molecule has 0 N–H and O–H groups in total. The average Bonchev–Trinajstić information content (AvgIpc) is 2.38. The summed E-state index contributed by atoms with van der Waals surface area (Å²) in [7, 11) is 2.08. The number of ketones is 1. The molecule has 1 aliphatic heterocycles. The minimum absolute atomic E-state index is 0.355. The summed E-state index contributed by atoms with van der Waals surface area (Å²) in [6.07, 6.45) is 2.31. The molecule has 0 radical (unpaired) electrons. The van der Waals surface area contributed by atoms with Crippen LogP contribution in [0.15, 0.2) is 18.2 Å². The Hall–Kier alpha value is -1.31. The van der Waals surface area contributed by atoms with Crippen LogP contribution in [0.2, 0.25) is 0 Å². The van der Waals surface area contributed by atoms with Crippen LogP contribution in [0.3, 0.4) is 0 Å². The summed E-state index contributed by atoms with van der Waals surface area (Å²) in [4.78, 5) is 13.8. The van der Waals surface area contributed by atoms with Crippen LogP contribution < -0.4 is 4.90 Å². The molecule has 1 aliphatic rings. The highest BCUT2D eigenvalue weighted by molar-refractivity contribution is 5.85. The monoisotopic (exact) mass is 203 g/mol. The van der Waals surface area contributed by atoms with Crippen molar-refractivity contribution in [2.45, 2.75) is 26.2 Å². The van der Waals surface area contributed by atoms with Gasteiger partial charge in [-0.25, -0.2) is 0 Å². The van der Waals surface area contributed by atoms with Gasteiger partial charge < -0.3 is 4.90 Å². The van der Waals surface area contributed by atoms with Gasteiger partial charge in [0.15, 0.2) is 0 Å². The molecule has 80 valence electrons. The minimum Gasteiger partial charge on any atom is -0.374 e. The van der Waals surface area contributed by atoms with E-state index in [0.717, 1.165) is 13.0 Å². The number of carbonyl (C=O) groups is 1. The van der Waals surface area contributed by atoms with E-state index in [1.54, 1.807) is 0 Å². The van der Waals surface area contributed by atoms with E-state index in [4.69, 9.17) is 0 Å². The number of fused-ring (bicyclic) bond motifs is 1. The summed E-state index contributed by atoms with van der Waals surface area (Å²) in [6, 6.07) is 6.30. The Morgan fingerprint density at radius 2 is 2.20 bits per heavy atom. The first-order valence-corrected chi connectivity index (χ1v) is 5.56. The first-order valence-electron chi connectivity index (χ1n) is 5.56. The number of benzene rings is 1. The van der Waals surface area contributed by atoms with E-state index >= 15 is 0 Å². The topological polar surface area (TPSA) is 20.3 Å². The van der Waals surface area contributed by atoms with Gasteiger partial charge in [0.05, 0.1) is 0 Å². The molecule has 0 unspecified atom stereocenters. The third-order valence-corrected chi connectivity index (χ3v) is 3.08. The lowest BCUT2D eigenvalue weighted by molar-refractivity contribution is -0.118. The molecule has 0 bridgehead atoms. The summed E-state index contributed by atoms with van der Waals surface area (Å²) >= 11 is 0. The molecule has 15 heavy (non-hydrogen) atoms. The van der Waals surface area contributed by atoms with E-state index in [9.17, 15) is 4.79 Å². The van der Waals surface area contributed by atoms with Crippen molar-refractivity contribution < 1.29 is 4.79 Å². The molecule has 0 atom stereocenters. The maximum atomic E-state index is 11.6. The van der Waals surface area contributed by atoms with Crippen LogP contribution in [-0.4, -0.2) is 19.4 Å². The van der Waals surface area contributed by atoms with Crippen LogP contribution in [0.5, 0.6) is 0 Å². The molecular formula is C13H17NO. The zero-order valence-corrected chi connectivity index (χ0v) is 9.42. The molecule has 0 amide bonds. The molecule has 0 saturated carbocycles. The van der Waals surface area contributed by atoms with Crippen LogP contribution in [0.25, 0.3) is 0 Å². The van der Waals surface area contributed by atoms with E-state index in [2.05, 4.69) is 37.1 Å². The van der Waals surface area contributed by atoms with Gasteiger partial charge in [0, 0.05) is 32.1 Å². The second kappa shape index (κ2) is 4.05. The first-order chi connectivity index (χ1) is 7.22. The predicted molar refractivity (Wildman–Crippen MR) is 62.4 cm³/mol. The molecule has 1 aromatic carbocycles. The molecule has 0 spiro atoms. The van der Waals surface area contributed by atoms with Gasteiger partial charge in [-0.05, 0) is 17.5 Å². The molecule has 0 aliphatic carbocycles. The molecule has 1 aromatic rings. The fourth-order valence-electron chi connectivity index (χ4n) is 2.27. The molecule has 0 aromatic heterocycles. The molecule has 0 saturated heterocycles. The van der Waals surface area contributed by atoms with Crippen molar-refractivity contribution in [3.8, 4) is 0 Å².